The number of anilines is 1. The van der Waals surface area contributed by atoms with Crippen molar-refractivity contribution >= 4 is 11.7 Å². The largest absolute Gasteiger partial charge is 0.353 e. The Morgan fingerprint density at radius 2 is 2.35 bits per heavy atom. The topological polar surface area (TPSA) is 58.1 Å². The van der Waals surface area contributed by atoms with Gasteiger partial charge in [-0.1, -0.05) is 13.8 Å². The Morgan fingerprint density at radius 1 is 1.53 bits per heavy atom. The Balaban J connectivity index is 2.17. The summed E-state index contributed by atoms with van der Waals surface area (Å²) in [4.78, 5) is 21.9. The molecule has 0 bridgehead atoms. The molecule has 1 N–H and O–H groups in total. The lowest BCUT2D eigenvalue weighted by atomic mass is 10.1. The van der Waals surface area contributed by atoms with Crippen molar-refractivity contribution in [3.8, 4) is 0 Å². The quantitative estimate of drug-likeness (QED) is 0.845. The summed E-state index contributed by atoms with van der Waals surface area (Å²) < 4.78 is 0. The summed E-state index contributed by atoms with van der Waals surface area (Å²) in [6.45, 7) is 6.16. The fraction of sp³-hybridized carbons (Fsp3) is 0.583. The van der Waals surface area contributed by atoms with Crippen LogP contribution in [0.1, 0.15) is 31.9 Å². The number of amides is 1. The first-order valence-electron chi connectivity index (χ1n) is 6.04. The van der Waals surface area contributed by atoms with E-state index in [-0.39, 0.29) is 5.91 Å². The molecular weight excluding hydrogens is 216 g/mol. The molecule has 2 heterocycles. The predicted octanol–water partition coefficient (Wildman–Crippen LogP) is 0.926. The first kappa shape index (κ1) is 11.8. The van der Waals surface area contributed by atoms with E-state index < -0.39 is 0 Å². The van der Waals surface area contributed by atoms with Crippen LogP contribution >= 0.6 is 0 Å². The van der Waals surface area contributed by atoms with E-state index in [1.54, 1.807) is 6.33 Å². The minimum absolute atomic E-state index is 0.0555. The van der Waals surface area contributed by atoms with E-state index in [2.05, 4.69) is 29.1 Å². The first-order valence-corrected chi connectivity index (χ1v) is 6.04. The van der Waals surface area contributed by atoms with Gasteiger partial charge in [0.05, 0.1) is 6.54 Å². The van der Waals surface area contributed by atoms with Gasteiger partial charge in [0.2, 0.25) is 5.91 Å². The summed E-state index contributed by atoms with van der Waals surface area (Å²) in [6.07, 6.45) is 2.64. The molecule has 0 saturated carbocycles. The number of piperazine rings is 1. The molecule has 0 aliphatic carbocycles. The minimum Gasteiger partial charge on any atom is -0.353 e. The van der Waals surface area contributed by atoms with Crippen LogP contribution in [-0.4, -0.2) is 35.5 Å². The van der Waals surface area contributed by atoms with Gasteiger partial charge in [-0.05, 0) is 12.3 Å². The van der Waals surface area contributed by atoms with Crippen LogP contribution in [0.2, 0.25) is 0 Å². The van der Waals surface area contributed by atoms with Crippen molar-refractivity contribution in [2.24, 2.45) is 0 Å². The SMILES string of the molecule is CCC(C)c1cc(N2CCNC(=O)C2)ncn1. The van der Waals surface area contributed by atoms with Gasteiger partial charge in [0.1, 0.15) is 12.1 Å². The van der Waals surface area contributed by atoms with Crippen LogP contribution in [0, 0.1) is 0 Å². The number of rotatable bonds is 3. The number of carbonyl (C=O) groups is 1. The molecule has 1 aromatic rings. The Kier molecular flexibility index (Phi) is 3.56. The fourth-order valence-corrected chi connectivity index (χ4v) is 1.85. The van der Waals surface area contributed by atoms with Gasteiger partial charge < -0.3 is 10.2 Å². The maximum Gasteiger partial charge on any atom is 0.239 e. The summed E-state index contributed by atoms with van der Waals surface area (Å²) in [5.74, 6) is 1.33. The molecule has 1 amide bonds. The van der Waals surface area contributed by atoms with Gasteiger partial charge in [0, 0.05) is 24.8 Å². The first-order chi connectivity index (χ1) is 8.20. The number of nitrogens with one attached hydrogen (secondary N) is 1. The van der Waals surface area contributed by atoms with Crippen LogP contribution in [0.15, 0.2) is 12.4 Å². The lowest BCUT2D eigenvalue weighted by Gasteiger charge is -2.27. The molecule has 1 aliphatic rings. The number of carbonyl (C=O) groups excluding carboxylic acids is 1. The van der Waals surface area contributed by atoms with E-state index in [1.165, 1.54) is 0 Å². The summed E-state index contributed by atoms with van der Waals surface area (Å²) in [5.41, 5.74) is 1.04. The van der Waals surface area contributed by atoms with Crippen LogP contribution in [0.5, 0.6) is 0 Å². The van der Waals surface area contributed by atoms with Crippen LogP contribution < -0.4 is 10.2 Å². The zero-order valence-corrected chi connectivity index (χ0v) is 10.3. The highest BCUT2D eigenvalue weighted by Gasteiger charge is 2.18. The highest BCUT2D eigenvalue weighted by Crippen LogP contribution is 2.20. The summed E-state index contributed by atoms with van der Waals surface area (Å²) >= 11 is 0. The second kappa shape index (κ2) is 5.12. The average molecular weight is 234 g/mol. The van der Waals surface area contributed by atoms with Gasteiger partial charge in [0.25, 0.3) is 0 Å². The number of hydrogen-bond acceptors (Lipinski definition) is 4. The van der Waals surface area contributed by atoms with Gasteiger partial charge in [-0.25, -0.2) is 9.97 Å². The molecular formula is C12H18N4O. The average Bonchev–Trinajstić information content (AvgIpc) is 2.38. The van der Waals surface area contributed by atoms with Crippen LogP contribution in [0.25, 0.3) is 0 Å². The molecule has 1 aromatic heterocycles. The Morgan fingerprint density at radius 3 is 3.06 bits per heavy atom. The molecule has 5 heteroatoms. The zero-order valence-electron chi connectivity index (χ0n) is 10.3. The molecule has 1 atom stereocenters. The highest BCUT2D eigenvalue weighted by atomic mass is 16.2. The third-order valence-electron chi connectivity index (χ3n) is 3.15. The molecule has 5 nitrogen and oxygen atoms in total. The maximum absolute atomic E-state index is 11.3. The smallest absolute Gasteiger partial charge is 0.239 e. The third kappa shape index (κ3) is 2.72. The van der Waals surface area contributed by atoms with Crippen molar-refractivity contribution in [2.45, 2.75) is 26.2 Å². The molecule has 1 fully saturated rings. The normalized spacial score (nSPS) is 17.8. The van der Waals surface area contributed by atoms with Crippen molar-refractivity contribution in [3.05, 3.63) is 18.1 Å². The standard InChI is InChI=1S/C12H18N4O/c1-3-9(2)10-6-11(15-8-14-10)16-5-4-13-12(17)7-16/h6,8-9H,3-5,7H2,1-2H3,(H,13,17). The lowest BCUT2D eigenvalue weighted by molar-refractivity contribution is -0.120. The maximum atomic E-state index is 11.3. The van der Waals surface area contributed by atoms with E-state index in [0.29, 0.717) is 19.0 Å². The molecule has 0 spiro atoms. The molecule has 92 valence electrons. The predicted molar refractivity (Wildman–Crippen MR) is 66.0 cm³/mol. The molecule has 2 rings (SSSR count). The van der Waals surface area contributed by atoms with Crippen LogP contribution in [0.4, 0.5) is 5.82 Å². The van der Waals surface area contributed by atoms with Crippen molar-refractivity contribution < 1.29 is 4.79 Å². The van der Waals surface area contributed by atoms with Crippen molar-refractivity contribution in [3.63, 3.8) is 0 Å². The zero-order chi connectivity index (χ0) is 12.3. The number of aromatic nitrogens is 2. The van der Waals surface area contributed by atoms with E-state index in [4.69, 9.17) is 0 Å². The van der Waals surface area contributed by atoms with E-state index in [1.807, 2.05) is 11.0 Å². The van der Waals surface area contributed by atoms with Crippen molar-refractivity contribution in [2.75, 3.05) is 24.5 Å². The molecule has 1 aliphatic heterocycles. The van der Waals surface area contributed by atoms with Gasteiger partial charge in [-0.2, -0.15) is 0 Å². The monoisotopic (exact) mass is 234 g/mol. The Hall–Kier alpha value is -1.65. The number of nitrogens with zero attached hydrogens (tertiary/aromatic N) is 3. The molecule has 1 saturated heterocycles. The van der Waals surface area contributed by atoms with E-state index >= 15 is 0 Å². The van der Waals surface area contributed by atoms with Crippen molar-refractivity contribution in [1.29, 1.82) is 0 Å². The summed E-state index contributed by atoms with van der Waals surface area (Å²) in [5, 5.41) is 2.81. The third-order valence-corrected chi connectivity index (χ3v) is 3.15. The second-order valence-electron chi connectivity index (χ2n) is 4.38. The number of hydrogen-bond donors (Lipinski definition) is 1. The summed E-state index contributed by atoms with van der Waals surface area (Å²) in [6, 6.07) is 1.99. The molecule has 0 radical (unpaired) electrons. The Labute approximate surface area is 101 Å². The van der Waals surface area contributed by atoms with E-state index in [0.717, 1.165) is 24.5 Å². The molecule has 1 unspecified atom stereocenters. The van der Waals surface area contributed by atoms with Crippen LogP contribution in [-0.2, 0) is 4.79 Å². The van der Waals surface area contributed by atoms with Gasteiger partial charge in [-0.3, -0.25) is 4.79 Å². The van der Waals surface area contributed by atoms with Crippen LogP contribution in [0.3, 0.4) is 0 Å². The van der Waals surface area contributed by atoms with Gasteiger partial charge >= 0.3 is 0 Å². The Bertz CT molecular complexity index is 407. The van der Waals surface area contributed by atoms with E-state index in [9.17, 15) is 4.79 Å². The van der Waals surface area contributed by atoms with Gasteiger partial charge in [0.15, 0.2) is 0 Å². The lowest BCUT2D eigenvalue weighted by Crippen LogP contribution is -2.48. The minimum atomic E-state index is 0.0555. The molecule has 17 heavy (non-hydrogen) atoms. The molecule has 0 aromatic carbocycles. The highest BCUT2D eigenvalue weighted by molar-refractivity contribution is 5.82. The fourth-order valence-electron chi connectivity index (χ4n) is 1.85. The second-order valence-corrected chi connectivity index (χ2v) is 4.38. The summed E-state index contributed by atoms with van der Waals surface area (Å²) in [7, 11) is 0. The van der Waals surface area contributed by atoms with Gasteiger partial charge in [-0.15, -0.1) is 0 Å². The van der Waals surface area contributed by atoms with Crippen molar-refractivity contribution in [1.82, 2.24) is 15.3 Å².